The van der Waals surface area contributed by atoms with Crippen LogP contribution in [0.2, 0.25) is 0 Å². The topological polar surface area (TPSA) is 70.4 Å². The van der Waals surface area contributed by atoms with Crippen LogP contribution in [0.25, 0.3) is 10.9 Å². The van der Waals surface area contributed by atoms with E-state index < -0.39 is 0 Å². The summed E-state index contributed by atoms with van der Waals surface area (Å²) in [6.07, 6.45) is 0.803. The minimum Gasteiger partial charge on any atom is -0.493 e. The van der Waals surface area contributed by atoms with Crippen molar-refractivity contribution in [2.45, 2.75) is 25.0 Å². The van der Waals surface area contributed by atoms with Gasteiger partial charge in [-0.2, -0.15) is 0 Å². The summed E-state index contributed by atoms with van der Waals surface area (Å²) in [5.74, 6) is 1.17. The molecule has 7 heteroatoms. The number of benzene rings is 2. The molecule has 0 aliphatic heterocycles. The Kier molecular flexibility index (Phi) is 6.36. The van der Waals surface area contributed by atoms with E-state index in [0.29, 0.717) is 39.7 Å². The van der Waals surface area contributed by atoms with Crippen molar-refractivity contribution in [2.75, 3.05) is 20.0 Å². The lowest BCUT2D eigenvalue weighted by Crippen LogP contribution is -2.23. The minimum absolute atomic E-state index is 0.0728. The number of methoxy groups -OCH3 is 2. The zero-order valence-corrected chi connectivity index (χ0v) is 16.9. The maximum Gasteiger partial charge on any atom is 0.262 e. The van der Waals surface area contributed by atoms with Gasteiger partial charge in [0.05, 0.1) is 30.9 Å². The number of fused-ring (bicyclic) bond motifs is 1. The minimum atomic E-state index is -0.0754. The summed E-state index contributed by atoms with van der Waals surface area (Å²) < 4.78 is 12.1. The number of hydrogen-bond acceptors (Lipinski definition) is 6. The van der Waals surface area contributed by atoms with E-state index >= 15 is 0 Å². The van der Waals surface area contributed by atoms with Crippen LogP contribution in [0.1, 0.15) is 23.7 Å². The van der Waals surface area contributed by atoms with Crippen molar-refractivity contribution in [1.82, 2.24) is 9.55 Å². The highest BCUT2D eigenvalue weighted by atomic mass is 32.2. The third-order valence-electron chi connectivity index (χ3n) is 4.31. The second-order valence-electron chi connectivity index (χ2n) is 6.15. The molecule has 0 saturated heterocycles. The summed E-state index contributed by atoms with van der Waals surface area (Å²) in [4.78, 5) is 30.1. The molecule has 0 fully saturated rings. The van der Waals surface area contributed by atoms with E-state index in [2.05, 4.69) is 4.98 Å². The van der Waals surface area contributed by atoms with Gasteiger partial charge in [-0.3, -0.25) is 14.2 Å². The number of Topliss-reactive ketones (excluding diaryl/α,β-unsaturated/α-hetero) is 1. The zero-order chi connectivity index (χ0) is 20.1. The molecule has 0 amide bonds. The average molecular weight is 398 g/mol. The Labute approximate surface area is 167 Å². The van der Waals surface area contributed by atoms with Gasteiger partial charge in [-0.05, 0) is 36.8 Å². The first-order valence-corrected chi connectivity index (χ1v) is 9.95. The molecule has 6 nitrogen and oxygen atoms in total. The number of ether oxygens (including phenoxy) is 2. The van der Waals surface area contributed by atoms with Crippen LogP contribution in [0.4, 0.5) is 0 Å². The molecule has 2 aromatic carbocycles. The predicted octanol–water partition coefficient (Wildman–Crippen LogP) is 3.80. The maximum atomic E-state index is 12.8. The molecule has 3 aromatic rings. The molecule has 1 heterocycles. The number of carbonyl (C=O) groups is 1. The van der Waals surface area contributed by atoms with Crippen molar-refractivity contribution >= 4 is 28.4 Å². The Morgan fingerprint density at radius 2 is 1.86 bits per heavy atom. The number of aromatic nitrogens is 2. The second kappa shape index (κ2) is 8.93. The molecule has 0 saturated carbocycles. The van der Waals surface area contributed by atoms with Crippen LogP contribution in [0, 0.1) is 0 Å². The molecule has 0 atom stereocenters. The molecular formula is C21H22N2O4S. The number of thioether (sulfide) groups is 1. The quantitative estimate of drug-likeness (QED) is 0.327. The fraction of sp³-hybridized carbons (Fsp3) is 0.286. The fourth-order valence-electron chi connectivity index (χ4n) is 2.90. The van der Waals surface area contributed by atoms with Gasteiger partial charge in [0.1, 0.15) is 0 Å². The first-order chi connectivity index (χ1) is 13.6. The molecule has 1 aromatic heterocycles. The van der Waals surface area contributed by atoms with E-state index in [9.17, 15) is 9.59 Å². The Bertz CT molecular complexity index is 1060. The van der Waals surface area contributed by atoms with Crippen LogP contribution in [0.5, 0.6) is 11.5 Å². The summed E-state index contributed by atoms with van der Waals surface area (Å²) in [6.45, 7) is 2.56. The SMILES string of the molecule is CCCn1c(SCC(=O)c2ccc(OC)c(OC)c2)nc2ccccc2c1=O. The first-order valence-electron chi connectivity index (χ1n) is 8.96. The summed E-state index contributed by atoms with van der Waals surface area (Å²) in [5, 5.41) is 1.14. The number of para-hydroxylation sites is 1. The Balaban J connectivity index is 1.87. The van der Waals surface area contributed by atoms with Crippen molar-refractivity contribution in [2.24, 2.45) is 0 Å². The highest BCUT2D eigenvalue weighted by molar-refractivity contribution is 7.99. The molecule has 3 rings (SSSR count). The van der Waals surface area contributed by atoms with Crippen LogP contribution in [0.3, 0.4) is 0 Å². The first kappa shape index (κ1) is 19.9. The van der Waals surface area contributed by atoms with Gasteiger partial charge in [0.25, 0.3) is 5.56 Å². The van der Waals surface area contributed by atoms with E-state index in [1.807, 2.05) is 25.1 Å². The van der Waals surface area contributed by atoms with Gasteiger partial charge in [0.2, 0.25) is 0 Å². The Morgan fingerprint density at radius 3 is 2.57 bits per heavy atom. The summed E-state index contributed by atoms with van der Waals surface area (Å²) in [6, 6.07) is 12.3. The van der Waals surface area contributed by atoms with Gasteiger partial charge >= 0.3 is 0 Å². The van der Waals surface area contributed by atoms with Crippen LogP contribution in [0.15, 0.2) is 52.4 Å². The van der Waals surface area contributed by atoms with Gasteiger partial charge in [0.15, 0.2) is 22.4 Å². The van der Waals surface area contributed by atoms with Crippen molar-refractivity contribution in [1.29, 1.82) is 0 Å². The van der Waals surface area contributed by atoms with Gasteiger partial charge in [-0.1, -0.05) is 30.8 Å². The Morgan fingerprint density at radius 1 is 1.11 bits per heavy atom. The van der Waals surface area contributed by atoms with E-state index in [-0.39, 0.29) is 17.1 Å². The van der Waals surface area contributed by atoms with Crippen LogP contribution >= 0.6 is 11.8 Å². The lowest BCUT2D eigenvalue weighted by Gasteiger charge is -2.12. The van der Waals surface area contributed by atoms with E-state index in [1.54, 1.807) is 35.9 Å². The number of rotatable bonds is 8. The van der Waals surface area contributed by atoms with Gasteiger partial charge in [-0.25, -0.2) is 4.98 Å². The summed E-state index contributed by atoms with van der Waals surface area (Å²) >= 11 is 1.27. The highest BCUT2D eigenvalue weighted by Gasteiger charge is 2.15. The number of nitrogens with zero attached hydrogens (tertiary/aromatic N) is 2. The molecule has 0 radical (unpaired) electrons. The smallest absolute Gasteiger partial charge is 0.262 e. The van der Waals surface area contributed by atoms with Gasteiger partial charge in [-0.15, -0.1) is 0 Å². The maximum absolute atomic E-state index is 12.8. The number of ketones is 1. The van der Waals surface area contributed by atoms with Crippen molar-refractivity contribution in [3.05, 3.63) is 58.4 Å². The highest BCUT2D eigenvalue weighted by Crippen LogP contribution is 2.28. The number of hydrogen-bond donors (Lipinski definition) is 0. The van der Waals surface area contributed by atoms with E-state index in [0.717, 1.165) is 6.42 Å². The molecule has 0 unspecified atom stereocenters. The molecule has 0 aliphatic carbocycles. The normalized spacial score (nSPS) is 10.8. The van der Waals surface area contributed by atoms with Gasteiger partial charge < -0.3 is 9.47 Å². The molecule has 0 N–H and O–H groups in total. The summed E-state index contributed by atoms with van der Waals surface area (Å²) in [7, 11) is 3.08. The van der Waals surface area contributed by atoms with E-state index in [1.165, 1.54) is 18.9 Å². The van der Waals surface area contributed by atoms with Gasteiger partial charge in [0, 0.05) is 12.1 Å². The molecule has 0 bridgehead atoms. The monoisotopic (exact) mass is 398 g/mol. The molecular weight excluding hydrogens is 376 g/mol. The summed E-state index contributed by atoms with van der Waals surface area (Å²) in [5.41, 5.74) is 1.09. The standard InChI is InChI=1S/C21H22N2O4S/c1-4-11-23-20(25)15-7-5-6-8-16(15)22-21(23)28-13-17(24)14-9-10-18(26-2)19(12-14)27-3/h5-10,12H,4,11,13H2,1-3H3. The molecule has 0 spiro atoms. The van der Waals surface area contributed by atoms with Crippen LogP contribution in [-0.2, 0) is 6.54 Å². The van der Waals surface area contributed by atoms with Crippen molar-refractivity contribution in [3.8, 4) is 11.5 Å². The largest absolute Gasteiger partial charge is 0.493 e. The second-order valence-corrected chi connectivity index (χ2v) is 7.09. The van der Waals surface area contributed by atoms with Crippen molar-refractivity contribution < 1.29 is 14.3 Å². The molecule has 146 valence electrons. The van der Waals surface area contributed by atoms with Crippen LogP contribution < -0.4 is 15.0 Å². The van der Waals surface area contributed by atoms with Crippen molar-refractivity contribution in [3.63, 3.8) is 0 Å². The Hall–Kier alpha value is -2.80. The average Bonchev–Trinajstić information content (AvgIpc) is 2.73. The lowest BCUT2D eigenvalue weighted by molar-refractivity contribution is 0.102. The molecule has 28 heavy (non-hydrogen) atoms. The van der Waals surface area contributed by atoms with E-state index in [4.69, 9.17) is 9.47 Å². The number of carbonyl (C=O) groups excluding carboxylic acids is 1. The zero-order valence-electron chi connectivity index (χ0n) is 16.1. The van der Waals surface area contributed by atoms with Crippen LogP contribution in [-0.4, -0.2) is 35.3 Å². The lowest BCUT2D eigenvalue weighted by atomic mass is 10.1. The molecule has 0 aliphatic rings. The third kappa shape index (κ3) is 4.04. The predicted molar refractivity (Wildman–Crippen MR) is 111 cm³/mol. The fourth-order valence-corrected chi connectivity index (χ4v) is 3.82. The third-order valence-corrected chi connectivity index (χ3v) is 5.29.